The Hall–Kier alpha value is -3.74. The quantitative estimate of drug-likeness (QED) is 0.260. The SMILES string of the molecule is CCOC(=O)C(=Cc1ccc(C)c([N+](=O)[O-])c1)c1nccn1Cc1ccccc1. The molecule has 0 saturated carbocycles. The molecule has 7 nitrogen and oxygen atoms in total. The van der Waals surface area contributed by atoms with E-state index in [4.69, 9.17) is 4.74 Å². The van der Waals surface area contributed by atoms with Crippen LogP contribution in [0.15, 0.2) is 60.9 Å². The summed E-state index contributed by atoms with van der Waals surface area (Å²) in [5.41, 5.74) is 2.37. The summed E-state index contributed by atoms with van der Waals surface area (Å²) >= 11 is 0. The molecule has 0 fully saturated rings. The Morgan fingerprint density at radius 1 is 1.24 bits per heavy atom. The Balaban J connectivity index is 2.05. The molecule has 1 aromatic heterocycles. The molecule has 148 valence electrons. The maximum Gasteiger partial charge on any atom is 0.341 e. The van der Waals surface area contributed by atoms with Gasteiger partial charge in [-0.25, -0.2) is 9.78 Å². The van der Waals surface area contributed by atoms with Gasteiger partial charge in [0.15, 0.2) is 0 Å². The number of nitro benzene ring substituents is 1. The van der Waals surface area contributed by atoms with Crippen molar-refractivity contribution in [1.29, 1.82) is 0 Å². The van der Waals surface area contributed by atoms with Gasteiger partial charge in [0.05, 0.1) is 11.5 Å². The average molecular weight is 391 g/mol. The molecule has 3 rings (SSSR count). The van der Waals surface area contributed by atoms with Gasteiger partial charge in [-0.2, -0.15) is 0 Å². The van der Waals surface area contributed by atoms with E-state index in [-0.39, 0.29) is 17.9 Å². The van der Waals surface area contributed by atoms with Crippen molar-refractivity contribution in [3.63, 3.8) is 0 Å². The third-order valence-corrected chi connectivity index (χ3v) is 4.39. The van der Waals surface area contributed by atoms with E-state index >= 15 is 0 Å². The van der Waals surface area contributed by atoms with E-state index in [0.717, 1.165) is 5.56 Å². The van der Waals surface area contributed by atoms with Crippen LogP contribution in [0.4, 0.5) is 5.69 Å². The number of aromatic nitrogens is 2. The second-order valence-corrected chi connectivity index (χ2v) is 6.45. The molecule has 0 amide bonds. The van der Waals surface area contributed by atoms with Crippen LogP contribution in [0.25, 0.3) is 11.6 Å². The van der Waals surface area contributed by atoms with Crippen LogP contribution in [0, 0.1) is 17.0 Å². The van der Waals surface area contributed by atoms with Crippen molar-refractivity contribution < 1.29 is 14.5 Å². The number of hydrogen-bond donors (Lipinski definition) is 0. The molecule has 0 bridgehead atoms. The highest BCUT2D eigenvalue weighted by Gasteiger charge is 2.20. The van der Waals surface area contributed by atoms with Crippen molar-refractivity contribution in [2.75, 3.05) is 6.61 Å². The number of nitro groups is 1. The molecule has 0 saturated heterocycles. The highest BCUT2D eigenvalue weighted by Crippen LogP contribution is 2.24. The maximum atomic E-state index is 12.7. The van der Waals surface area contributed by atoms with Gasteiger partial charge in [-0.3, -0.25) is 10.1 Å². The number of carbonyl (C=O) groups is 1. The summed E-state index contributed by atoms with van der Waals surface area (Å²) in [6, 6.07) is 14.6. The van der Waals surface area contributed by atoms with Crippen molar-refractivity contribution in [2.24, 2.45) is 0 Å². The monoisotopic (exact) mass is 391 g/mol. The van der Waals surface area contributed by atoms with E-state index in [9.17, 15) is 14.9 Å². The molecule has 0 unspecified atom stereocenters. The fraction of sp³-hybridized carbons (Fsp3) is 0.182. The Morgan fingerprint density at radius 2 is 2.00 bits per heavy atom. The van der Waals surface area contributed by atoms with Crippen LogP contribution in [-0.4, -0.2) is 27.1 Å². The normalized spacial score (nSPS) is 11.3. The average Bonchev–Trinajstić information content (AvgIpc) is 3.15. The predicted molar refractivity (Wildman–Crippen MR) is 110 cm³/mol. The Bertz CT molecular complexity index is 1050. The van der Waals surface area contributed by atoms with Crippen molar-refractivity contribution in [1.82, 2.24) is 9.55 Å². The molecule has 0 aliphatic heterocycles. The zero-order valence-corrected chi connectivity index (χ0v) is 16.2. The third-order valence-electron chi connectivity index (χ3n) is 4.39. The van der Waals surface area contributed by atoms with Crippen LogP contribution in [0.2, 0.25) is 0 Å². The summed E-state index contributed by atoms with van der Waals surface area (Å²) in [5.74, 6) is -0.0910. The molecule has 3 aromatic rings. The first kappa shape index (κ1) is 20.0. The van der Waals surface area contributed by atoms with Crippen LogP contribution >= 0.6 is 0 Å². The van der Waals surface area contributed by atoms with Crippen molar-refractivity contribution in [3.05, 3.63) is 93.6 Å². The first-order valence-electron chi connectivity index (χ1n) is 9.19. The molecular weight excluding hydrogens is 370 g/mol. The topological polar surface area (TPSA) is 87.3 Å². The van der Waals surface area contributed by atoms with E-state index in [1.807, 2.05) is 34.9 Å². The fourth-order valence-electron chi connectivity index (χ4n) is 2.96. The number of ether oxygens (including phenoxy) is 1. The largest absolute Gasteiger partial charge is 0.462 e. The van der Waals surface area contributed by atoms with E-state index in [0.29, 0.717) is 23.5 Å². The molecule has 0 N–H and O–H groups in total. The van der Waals surface area contributed by atoms with Gasteiger partial charge in [-0.1, -0.05) is 42.5 Å². The van der Waals surface area contributed by atoms with Gasteiger partial charge in [0.2, 0.25) is 0 Å². The Labute approximate surface area is 168 Å². The highest BCUT2D eigenvalue weighted by molar-refractivity contribution is 6.20. The van der Waals surface area contributed by atoms with Crippen molar-refractivity contribution in [2.45, 2.75) is 20.4 Å². The molecule has 0 aliphatic rings. The van der Waals surface area contributed by atoms with Crippen molar-refractivity contribution in [3.8, 4) is 0 Å². The first-order valence-corrected chi connectivity index (χ1v) is 9.19. The summed E-state index contributed by atoms with van der Waals surface area (Å²) in [6.45, 7) is 4.14. The molecule has 7 heteroatoms. The standard InChI is InChI=1S/C22H21N3O4/c1-3-29-22(26)19(13-18-10-9-16(2)20(14-18)25(27)28)21-23-11-12-24(21)15-17-7-5-4-6-8-17/h4-14H,3,15H2,1-2H3. The Morgan fingerprint density at radius 3 is 2.69 bits per heavy atom. The second-order valence-electron chi connectivity index (χ2n) is 6.45. The van der Waals surface area contributed by atoms with Crippen LogP contribution in [-0.2, 0) is 16.1 Å². The number of rotatable bonds is 7. The molecule has 0 radical (unpaired) electrons. The lowest BCUT2D eigenvalue weighted by Crippen LogP contribution is -2.12. The van der Waals surface area contributed by atoms with Crippen molar-refractivity contribution >= 4 is 23.3 Å². The van der Waals surface area contributed by atoms with Crippen LogP contribution in [0.5, 0.6) is 0 Å². The number of aryl methyl sites for hydroxylation is 1. The third kappa shape index (κ3) is 4.76. The summed E-state index contributed by atoms with van der Waals surface area (Å²) in [5, 5.41) is 11.3. The van der Waals surface area contributed by atoms with Gasteiger partial charge in [-0.15, -0.1) is 0 Å². The lowest BCUT2D eigenvalue weighted by atomic mass is 10.1. The molecule has 0 spiro atoms. The molecular formula is C22H21N3O4. The van der Waals surface area contributed by atoms with Crippen LogP contribution < -0.4 is 0 Å². The van der Waals surface area contributed by atoms with Crippen LogP contribution in [0.1, 0.15) is 29.4 Å². The van der Waals surface area contributed by atoms with E-state index in [1.165, 1.54) is 6.07 Å². The number of esters is 1. The predicted octanol–water partition coefficient (Wildman–Crippen LogP) is 4.25. The van der Waals surface area contributed by atoms with Crippen LogP contribution in [0.3, 0.4) is 0 Å². The van der Waals surface area contributed by atoms with Gasteiger partial charge in [0, 0.05) is 30.6 Å². The summed E-state index contributed by atoms with van der Waals surface area (Å²) in [4.78, 5) is 27.8. The minimum Gasteiger partial charge on any atom is -0.462 e. The number of hydrogen-bond acceptors (Lipinski definition) is 5. The zero-order valence-electron chi connectivity index (χ0n) is 16.2. The molecule has 1 heterocycles. The maximum absolute atomic E-state index is 12.7. The van der Waals surface area contributed by atoms with Gasteiger partial charge >= 0.3 is 5.97 Å². The highest BCUT2D eigenvalue weighted by atomic mass is 16.6. The minimum atomic E-state index is -0.531. The molecule has 0 atom stereocenters. The van der Waals surface area contributed by atoms with E-state index in [1.54, 1.807) is 44.4 Å². The lowest BCUT2D eigenvalue weighted by Gasteiger charge is -2.11. The zero-order chi connectivity index (χ0) is 20.8. The smallest absolute Gasteiger partial charge is 0.341 e. The number of imidazole rings is 1. The minimum absolute atomic E-state index is 0.00501. The van der Waals surface area contributed by atoms with Gasteiger partial charge in [-0.05, 0) is 31.1 Å². The summed E-state index contributed by atoms with van der Waals surface area (Å²) in [6.07, 6.45) is 4.98. The van der Waals surface area contributed by atoms with Gasteiger partial charge in [0.1, 0.15) is 11.4 Å². The molecule has 29 heavy (non-hydrogen) atoms. The summed E-state index contributed by atoms with van der Waals surface area (Å²) in [7, 11) is 0. The Kier molecular flexibility index (Phi) is 6.19. The number of nitrogens with zero attached hydrogens (tertiary/aromatic N) is 3. The van der Waals surface area contributed by atoms with E-state index < -0.39 is 10.9 Å². The van der Waals surface area contributed by atoms with Gasteiger partial charge < -0.3 is 9.30 Å². The fourth-order valence-corrected chi connectivity index (χ4v) is 2.96. The first-order chi connectivity index (χ1) is 14.0. The summed E-state index contributed by atoms with van der Waals surface area (Å²) < 4.78 is 7.06. The van der Waals surface area contributed by atoms with E-state index in [2.05, 4.69) is 4.98 Å². The lowest BCUT2D eigenvalue weighted by molar-refractivity contribution is -0.385. The second kappa shape index (κ2) is 8.97. The molecule has 0 aliphatic carbocycles. The number of benzene rings is 2. The van der Waals surface area contributed by atoms with Gasteiger partial charge in [0.25, 0.3) is 5.69 Å². The molecule has 2 aromatic carbocycles. The number of carbonyl (C=O) groups excluding carboxylic acids is 1.